The quantitative estimate of drug-likeness (QED) is 0.677. The van der Waals surface area contributed by atoms with Crippen molar-refractivity contribution in [3.8, 4) is 0 Å². The van der Waals surface area contributed by atoms with Crippen molar-refractivity contribution in [2.75, 3.05) is 12.0 Å². The Bertz CT molecular complexity index is 667. The Labute approximate surface area is 155 Å². The van der Waals surface area contributed by atoms with Gasteiger partial charge in [0.1, 0.15) is 9.84 Å². The lowest BCUT2D eigenvalue weighted by Gasteiger charge is -2.26. The molecule has 0 radical (unpaired) electrons. The van der Waals surface area contributed by atoms with Gasteiger partial charge in [-0.1, -0.05) is 13.3 Å². The van der Waals surface area contributed by atoms with E-state index in [1.807, 2.05) is 0 Å². The summed E-state index contributed by atoms with van der Waals surface area (Å²) in [4.78, 5) is 0. The van der Waals surface area contributed by atoms with Gasteiger partial charge < -0.3 is 0 Å². The first-order valence-corrected chi connectivity index (χ1v) is 13.9. The first kappa shape index (κ1) is 27.1. The number of hydrogen-bond donors (Lipinski definition) is 0. The average molecular weight is 421 g/mol. The summed E-state index contributed by atoms with van der Waals surface area (Å²) in [5, 5.41) is -0.634. The van der Waals surface area contributed by atoms with Crippen LogP contribution >= 0.6 is 0 Å². The molecule has 9 heteroatoms. The van der Waals surface area contributed by atoms with Gasteiger partial charge in [-0.15, -0.1) is 0 Å². The largest absolute Gasteiger partial charge is 0.229 e. The summed E-state index contributed by atoms with van der Waals surface area (Å²) in [6, 6.07) is 0. The molecule has 1 aliphatic carbocycles. The van der Waals surface area contributed by atoms with Crippen molar-refractivity contribution in [3.05, 3.63) is 0 Å². The van der Waals surface area contributed by atoms with Crippen LogP contribution < -0.4 is 0 Å². The van der Waals surface area contributed by atoms with Crippen LogP contribution in [0, 0.1) is 0 Å². The molecule has 0 heterocycles. The van der Waals surface area contributed by atoms with E-state index in [4.69, 9.17) is 0 Å². The molecule has 0 aromatic rings. The fourth-order valence-electron chi connectivity index (χ4n) is 1.42. The zero-order chi connectivity index (χ0) is 20.6. The van der Waals surface area contributed by atoms with Crippen molar-refractivity contribution in [1.82, 2.24) is 0 Å². The molecule has 0 amide bonds. The van der Waals surface area contributed by atoms with E-state index >= 15 is 0 Å². The van der Waals surface area contributed by atoms with Crippen LogP contribution in [0.3, 0.4) is 0 Å². The third-order valence-corrected chi connectivity index (χ3v) is 10.8. The van der Waals surface area contributed by atoms with Gasteiger partial charge >= 0.3 is 0 Å². The van der Waals surface area contributed by atoms with Crippen molar-refractivity contribution in [3.63, 3.8) is 0 Å². The van der Waals surface area contributed by atoms with Crippen molar-refractivity contribution >= 4 is 29.5 Å². The van der Waals surface area contributed by atoms with Crippen molar-refractivity contribution in [2.45, 2.75) is 88.7 Å². The molecule has 0 unspecified atom stereocenters. The predicted octanol–water partition coefficient (Wildman–Crippen LogP) is 2.63. The normalized spacial score (nSPS) is 16.0. The second kappa shape index (κ2) is 10.9. The molecule has 154 valence electrons. The van der Waals surface area contributed by atoms with Gasteiger partial charge in [-0.3, -0.25) is 0 Å². The summed E-state index contributed by atoms with van der Waals surface area (Å²) in [6.07, 6.45) is 4.11. The molecule has 0 spiro atoms. The highest BCUT2D eigenvalue weighted by atomic mass is 32.2. The van der Waals surface area contributed by atoms with E-state index in [0.717, 1.165) is 19.3 Å². The lowest BCUT2D eigenvalue weighted by atomic mass is 10.00. The molecule has 25 heavy (non-hydrogen) atoms. The van der Waals surface area contributed by atoms with Crippen LogP contribution in [0.2, 0.25) is 0 Å². The first-order valence-electron chi connectivity index (χ1n) is 8.63. The Morgan fingerprint density at radius 3 is 1.16 bits per heavy atom. The number of sulfone groups is 3. The smallest absolute Gasteiger partial charge is 0.155 e. The molecule has 1 fully saturated rings. The zero-order valence-corrected chi connectivity index (χ0v) is 19.3. The van der Waals surface area contributed by atoms with Gasteiger partial charge in [0.15, 0.2) is 19.7 Å². The summed E-state index contributed by atoms with van der Waals surface area (Å²) in [5.41, 5.74) is 0. The van der Waals surface area contributed by atoms with Crippen LogP contribution in [-0.2, 0) is 29.5 Å². The van der Waals surface area contributed by atoms with E-state index in [1.54, 1.807) is 48.5 Å². The fraction of sp³-hybridized carbons (Fsp3) is 1.00. The summed E-state index contributed by atoms with van der Waals surface area (Å²) in [7, 11) is -8.22. The maximum atomic E-state index is 11.3. The molecule has 6 nitrogen and oxygen atoms in total. The average Bonchev–Trinajstić information content (AvgIpc) is 2.36. The van der Waals surface area contributed by atoms with Crippen LogP contribution in [-0.4, -0.2) is 58.3 Å². The molecule has 0 atom stereocenters. The Balaban J connectivity index is 0. The second-order valence-corrected chi connectivity index (χ2v) is 15.3. The highest BCUT2D eigenvalue weighted by Gasteiger charge is 2.33. The molecule has 0 aromatic carbocycles. The minimum atomic E-state index is -2.74. The van der Waals surface area contributed by atoms with Crippen LogP contribution in [0.15, 0.2) is 0 Å². The van der Waals surface area contributed by atoms with Crippen molar-refractivity contribution < 1.29 is 25.3 Å². The van der Waals surface area contributed by atoms with E-state index in [-0.39, 0.29) is 26.8 Å². The van der Waals surface area contributed by atoms with E-state index in [0.29, 0.717) is 0 Å². The Morgan fingerprint density at radius 2 is 1.12 bits per heavy atom. The number of rotatable bonds is 5. The number of hydrogen-bond acceptors (Lipinski definition) is 6. The molecule has 1 rings (SSSR count). The molecule has 0 aromatic heterocycles. The lowest BCUT2D eigenvalue weighted by Crippen LogP contribution is -2.33. The third kappa shape index (κ3) is 10.6. The topological polar surface area (TPSA) is 102 Å². The Hall–Kier alpha value is -0.150. The third-order valence-electron chi connectivity index (χ3n) is 4.15. The highest BCUT2D eigenvalue weighted by molar-refractivity contribution is 7.92. The highest BCUT2D eigenvalue weighted by Crippen LogP contribution is 2.28. The first-order chi connectivity index (χ1) is 11.0. The molecular weight excluding hydrogens is 384 g/mol. The molecule has 0 aliphatic heterocycles. The van der Waals surface area contributed by atoms with Crippen molar-refractivity contribution in [2.24, 2.45) is 0 Å². The lowest BCUT2D eigenvalue weighted by molar-refractivity contribution is 0.472. The van der Waals surface area contributed by atoms with Gasteiger partial charge in [-0.05, 0) is 54.4 Å². The van der Waals surface area contributed by atoms with Gasteiger partial charge in [0, 0.05) is 12.0 Å². The van der Waals surface area contributed by atoms with Gasteiger partial charge in [0.05, 0.1) is 21.0 Å². The molecule has 1 aliphatic rings. The van der Waals surface area contributed by atoms with E-state index in [9.17, 15) is 25.3 Å². The zero-order valence-electron chi connectivity index (χ0n) is 16.8. The van der Waals surface area contributed by atoms with Crippen LogP contribution in [0.4, 0.5) is 0 Å². The minimum Gasteiger partial charge on any atom is -0.229 e. The maximum Gasteiger partial charge on any atom is 0.155 e. The van der Waals surface area contributed by atoms with Crippen LogP contribution in [0.25, 0.3) is 0 Å². The van der Waals surface area contributed by atoms with Gasteiger partial charge in [0.25, 0.3) is 0 Å². The van der Waals surface area contributed by atoms with E-state index < -0.39 is 29.5 Å². The molecule has 0 bridgehead atoms. The summed E-state index contributed by atoms with van der Waals surface area (Å²) < 4.78 is 64.7. The van der Waals surface area contributed by atoms with E-state index in [2.05, 4.69) is 0 Å². The Kier molecular flexibility index (Phi) is 11.8. The Morgan fingerprint density at radius 1 is 0.760 bits per heavy atom. The summed E-state index contributed by atoms with van der Waals surface area (Å²) in [5.74, 6) is 0.255. The molecule has 0 N–H and O–H groups in total. The summed E-state index contributed by atoms with van der Waals surface area (Å²) in [6.45, 7) is 11.9. The van der Waals surface area contributed by atoms with Crippen molar-refractivity contribution in [1.29, 1.82) is 0 Å². The van der Waals surface area contributed by atoms with Crippen LogP contribution in [0.1, 0.15) is 67.7 Å². The monoisotopic (exact) mass is 420 g/mol. The maximum absolute atomic E-state index is 11.3. The molecule has 1 saturated carbocycles. The summed E-state index contributed by atoms with van der Waals surface area (Å²) >= 11 is 0. The van der Waals surface area contributed by atoms with E-state index in [1.165, 1.54) is 6.26 Å². The fourth-order valence-corrected chi connectivity index (χ4v) is 3.84. The molecule has 0 saturated heterocycles. The van der Waals surface area contributed by atoms with Crippen LogP contribution in [0.5, 0.6) is 0 Å². The molecular formula is C16H36O6S3. The van der Waals surface area contributed by atoms with Gasteiger partial charge in [-0.25, -0.2) is 25.3 Å². The van der Waals surface area contributed by atoms with Gasteiger partial charge in [-0.2, -0.15) is 0 Å². The standard InChI is InChI=1S/C7H14O2S.C5H12O2S.C4H10O2S/c1-6(2)10(8,9)7-4-3-5-7;1-4-8(6,7)5(2)3;1-4(2)7(3,5)6/h6-7H,3-5H2,1-2H3;5H,4H2,1-3H3;4H,1-3H3. The second-order valence-electron chi connectivity index (χ2n) is 7.07. The SMILES string of the molecule is CC(C)S(=O)(=O)C1CCC1.CC(C)S(C)(=O)=O.CCS(=O)(=O)C(C)C. The minimum absolute atomic E-state index is 0.00694. The van der Waals surface area contributed by atoms with Gasteiger partial charge in [0.2, 0.25) is 0 Å². The predicted molar refractivity (Wildman–Crippen MR) is 106 cm³/mol.